The normalized spacial score (nSPS) is 15.1. The largest absolute Gasteiger partial charge is 0.461 e. The van der Waals surface area contributed by atoms with Crippen molar-refractivity contribution in [1.82, 2.24) is 14.9 Å². The van der Waals surface area contributed by atoms with Gasteiger partial charge in [-0.1, -0.05) is 6.07 Å². The fraction of sp³-hybridized carbons (Fsp3) is 0.360. The van der Waals surface area contributed by atoms with E-state index in [1.807, 2.05) is 4.90 Å². The van der Waals surface area contributed by atoms with Crippen molar-refractivity contribution in [2.24, 2.45) is 10.7 Å². The molecule has 12 heteroatoms. The molecule has 1 fully saturated rings. The van der Waals surface area contributed by atoms with Gasteiger partial charge in [0.05, 0.1) is 23.1 Å². The van der Waals surface area contributed by atoms with E-state index >= 15 is 0 Å². The molecule has 0 atom stereocenters. The highest BCUT2D eigenvalue weighted by Gasteiger charge is 2.22. The smallest absolute Gasteiger partial charge is 0.224 e. The summed E-state index contributed by atoms with van der Waals surface area (Å²) in [5.74, 6) is 0.731. The van der Waals surface area contributed by atoms with Gasteiger partial charge in [-0.3, -0.25) is 4.90 Å². The lowest BCUT2D eigenvalue weighted by atomic mass is 9.98. The Hall–Kier alpha value is -4.03. The Kier molecular flexibility index (Phi) is 7.69. The molecule has 0 unspecified atom stereocenters. The van der Waals surface area contributed by atoms with Crippen molar-refractivity contribution in [3.63, 3.8) is 0 Å². The lowest BCUT2D eigenvalue weighted by molar-refractivity contribution is 0.0782. The molecule has 0 aliphatic carbocycles. The molecule has 196 valence electrons. The summed E-state index contributed by atoms with van der Waals surface area (Å²) in [6.45, 7) is 7.40. The third kappa shape index (κ3) is 6.22. The lowest BCUT2D eigenvalue weighted by Gasteiger charge is -2.36. The standard InChI is InChI=1S/C25H32FN9O2/c1-25(2,36)16-5-6-19(18(26)14-16)35-11-9-34(10-12-35)8-7-30-22-17(15-27)23(33-24(29)32-22)31-21(28)20-4-3-13-37-20/h3-6,13-15,27,36H,7-12H2,1-2H3,(H5,28,29,30,31,32,33). The van der Waals surface area contributed by atoms with Gasteiger partial charge in [0.2, 0.25) is 5.95 Å². The monoisotopic (exact) mass is 509 g/mol. The zero-order chi connectivity index (χ0) is 26.6. The van der Waals surface area contributed by atoms with Crippen LogP contribution in [0.1, 0.15) is 30.7 Å². The highest BCUT2D eigenvalue weighted by molar-refractivity contribution is 5.99. The topological polar surface area (TPSA) is 166 Å². The first kappa shape index (κ1) is 26.0. The van der Waals surface area contributed by atoms with E-state index in [0.29, 0.717) is 54.6 Å². The highest BCUT2D eigenvalue weighted by atomic mass is 19.1. The molecule has 2 aromatic heterocycles. The number of amidine groups is 1. The molecule has 4 rings (SSSR count). The van der Waals surface area contributed by atoms with Gasteiger partial charge in [0.1, 0.15) is 11.6 Å². The molecule has 0 bridgehead atoms. The van der Waals surface area contributed by atoms with Crippen molar-refractivity contribution in [3.05, 3.63) is 59.3 Å². The number of anilines is 3. The van der Waals surface area contributed by atoms with Gasteiger partial charge in [0, 0.05) is 45.5 Å². The molecule has 0 radical (unpaired) electrons. The number of aromatic nitrogens is 2. The minimum atomic E-state index is -1.09. The average Bonchev–Trinajstić information content (AvgIpc) is 3.39. The van der Waals surface area contributed by atoms with Crippen LogP contribution in [-0.2, 0) is 5.60 Å². The van der Waals surface area contributed by atoms with Gasteiger partial charge in [-0.2, -0.15) is 9.97 Å². The summed E-state index contributed by atoms with van der Waals surface area (Å²) in [7, 11) is 0. The maximum atomic E-state index is 14.7. The van der Waals surface area contributed by atoms with Crippen LogP contribution in [0.3, 0.4) is 0 Å². The van der Waals surface area contributed by atoms with Crippen LogP contribution in [0.4, 0.5) is 27.7 Å². The summed E-state index contributed by atoms with van der Waals surface area (Å²) < 4.78 is 20.0. The summed E-state index contributed by atoms with van der Waals surface area (Å²) >= 11 is 0. The summed E-state index contributed by atoms with van der Waals surface area (Å²) in [5, 5.41) is 21.2. The fourth-order valence-electron chi connectivity index (χ4n) is 4.11. The van der Waals surface area contributed by atoms with Gasteiger partial charge in [-0.15, -0.1) is 0 Å². The van der Waals surface area contributed by atoms with E-state index in [2.05, 4.69) is 25.2 Å². The predicted molar refractivity (Wildman–Crippen MR) is 142 cm³/mol. The molecule has 0 saturated carbocycles. The summed E-state index contributed by atoms with van der Waals surface area (Å²) in [6, 6.07) is 8.27. The average molecular weight is 510 g/mol. The molecule has 0 spiro atoms. The second-order valence-electron chi connectivity index (χ2n) is 9.27. The zero-order valence-electron chi connectivity index (χ0n) is 20.9. The van der Waals surface area contributed by atoms with Gasteiger partial charge in [-0.05, 0) is 43.7 Å². The Balaban J connectivity index is 1.35. The molecule has 3 heterocycles. The van der Waals surface area contributed by atoms with E-state index < -0.39 is 5.60 Å². The minimum Gasteiger partial charge on any atom is -0.461 e. The molecule has 1 aliphatic heterocycles. The van der Waals surface area contributed by atoms with Gasteiger partial charge in [0.25, 0.3) is 0 Å². The van der Waals surface area contributed by atoms with Crippen LogP contribution >= 0.6 is 0 Å². The highest BCUT2D eigenvalue weighted by Crippen LogP contribution is 2.27. The first-order chi connectivity index (χ1) is 17.7. The van der Waals surface area contributed by atoms with Crippen molar-refractivity contribution in [2.75, 3.05) is 55.2 Å². The third-order valence-electron chi connectivity index (χ3n) is 6.17. The van der Waals surface area contributed by atoms with Crippen LogP contribution in [0.15, 0.2) is 46.0 Å². The molecule has 3 aromatic rings. The van der Waals surface area contributed by atoms with E-state index in [0.717, 1.165) is 19.3 Å². The summed E-state index contributed by atoms with van der Waals surface area (Å²) in [5.41, 5.74) is 12.2. The molecular weight excluding hydrogens is 477 g/mol. The molecular formula is C25H32FN9O2. The number of nitrogens with zero attached hydrogens (tertiary/aromatic N) is 5. The Morgan fingerprint density at radius 1 is 1.27 bits per heavy atom. The first-order valence-corrected chi connectivity index (χ1v) is 12.0. The number of nitrogens with two attached hydrogens (primary N) is 2. The molecule has 11 nitrogen and oxygen atoms in total. The van der Waals surface area contributed by atoms with E-state index in [-0.39, 0.29) is 23.4 Å². The number of halogens is 1. The van der Waals surface area contributed by atoms with Crippen LogP contribution in [0.2, 0.25) is 0 Å². The number of piperazine rings is 1. The van der Waals surface area contributed by atoms with Gasteiger partial charge in [0.15, 0.2) is 17.4 Å². The summed E-state index contributed by atoms with van der Waals surface area (Å²) in [6.07, 6.45) is 2.59. The number of aliphatic imine (C=N–C) groups is 1. The lowest BCUT2D eigenvalue weighted by Crippen LogP contribution is -2.48. The predicted octanol–water partition coefficient (Wildman–Crippen LogP) is 2.29. The van der Waals surface area contributed by atoms with Crippen LogP contribution in [0.25, 0.3) is 0 Å². The number of furan rings is 1. The molecule has 7 N–H and O–H groups in total. The number of nitrogen functional groups attached to an aromatic ring is 1. The van der Waals surface area contributed by atoms with Gasteiger partial charge < -0.3 is 36.6 Å². The van der Waals surface area contributed by atoms with Crippen LogP contribution < -0.4 is 21.7 Å². The third-order valence-corrected chi connectivity index (χ3v) is 6.17. The first-order valence-electron chi connectivity index (χ1n) is 12.0. The molecule has 1 aliphatic rings. The number of nitrogens with one attached hydrogen (secondary N) is 2. The zero-order valence-corrected chi connectivity index (χ0v) is 20.9. The number of hydrogen-bond acceptors (Lipinski definition) is 10. The quantitative estimate of drug-likeness (QED) is 0.215. The Morgan fingerprint density at radius 2 is 2.03 bits per heavy atom. The molecule has 0 amide bonds. The van der Waals surface area contributed by atoms with Crippen molar-refractivity contribution in [3.8, 4) is 0 Å². The molecule has 1 aromatic carbocycles. The van der Waals surface area contributed by atoms with Crippen LogP contribution in [0.5, 0.6) is 0 Å². The van der Waals surface area contributed by atoms with Crippen molar-refractivity contribution < 1.29 is 13.9 Å². The number of hydrogen-bond donors (Lipinski definition) is 5. The molecule has 37 heavy (non-hydrogen) atoms. The van der Waals surface area contributed by atoms with Gasteiger partial charge >= 0.3 is 0 Å². The summed E-state index contributed by atoms with van der Waals surface area (Å²) in [4.78, 5) is 16.9. The SMILES string of the molecule is CC(C)(O)c1ccc(N2CCN(CCNc3nc(N)nc(N=C(N)c4ccco4)c3C=N)CC2)c(F)c1. The number of aliphatic hydroxyl groups is 1. The minimum absolute atomic E-state index is 0.00494. The van der Waals surface area contributed by atoms with Crippen molar-refractivity contribution in [2.45, 2.75) is 19.4 Å². The van der Waals surface area contributed by atoms with E-state index in [1.54, 1.807) is 38.1 Å². The Bertz CT molecular complexity index is 1260. The number of benzene rings is 1. The van der Waals surface area contributed by atoms with Crippen molar-refractivity contribution in [1.29, 1.82) is 5.41 Å². The second-order valence-corrected chi connectivity index (χ2v) is 9.27. The second kappa shape index (κ2) is 10.9. The van der Waals surface area contributed by atoms with Crippen LogP contribution in [0, 0.1) is 11.2 Å². The molecule has 1 saturated heterocycles. The van der Waals surface area contributed by atoms with E-state index in [4.69, 9.17) is 21.3 Å². The Labute approximate surface area is 214 Å². The van der Waals surface area contributed by atoms with Gasteiger partial charge in [-0.25, -0.2) is 9.38 Å². The Morgan fingerprint density at radius 3 is 2.65 bits per heavy atom. The fourth-order valence-corrected chi connectivity index (χ4v) is 4.11. The maximum Gasteiger partial charge on any atom is 0.224 e. The van der Waals surface area contributed by atoms with E-state index in [9.17, 15) is 9.50 Å². The van der Waals surface area contributed by atoms with Crippen molar-refractivity contribution >= 4 is 35.3 Å². The van der Waals surface area contributed by atoms with Crippen LogP contribution in [-0.4, -0.2) is 71.3 Å². The number of rotatable bonds is 9. The van der Waals surface area contributed by atoms with E-state index in [1.165, 1.54) is 12.3 Å². The maximum absolute atomic E-state index is 14.7.